The topological polar surface area (TPSA) is 86.8 Å². The molecule has 0 aliphatic rings. The lowest BCUT2D eigenvalue weighted by Gasteiger charge is -2.31. The third kappa shape index (κ3) is 8.65. The fourth-order valence-electron chi connectivity index (χ4n) is 3.59. The van der Waals surface area contributed by atoms with Gasteiger partial charge in [0, 0.05) is 17.6 Å². The number of hydrogen-bond acceptors (Lipinski definition) is 4. The highest BCUT2D eigenvalue weighted by Gasteiger charge is 2.30. The van der Waals surface area contributed by atoms with E-state index in [-0.39, 0.29) is 12.5 Å². The van der Waals surface area contributed by atoms with E-state index in [0.29, 0.717) is 18.2 Å². The maximum Gasteiger partial charge on any atom is 0.244 e. The van der Waals surface area contributed by atoms with Gasteiger partial charge >= 0.3 is 0 Å². The summed E-state index contributed by atoms with van der Waals surface area (Å²) in [6.07, 6.45) is 2.86. The minimum atomic E-state index is -3.74. The Morgan fingerprint density at radius 1 is 1.06 bits per heavy atom. The second-order valence-electron chi connectivity index (χ2n) is 8.99. The maximum atomic E-state index is 13.5. The zero-order chi connectivity index (χ0) is 26.2. The van der Waals surface area contributed by atoms with E-state index in [0.717, 1.165) is 39.0 Å². The Balaban J connectivity index is 2.35. The molecule has 2 rings (SSSR count). The normalized spacial score (nSPS) is 12.3. The zero-order valence-electron chi connectivity index (χ0n) is 21.1. The van der Waals surface area contributed by atoms with Gasteiger partial charge in [-0.25, -0.2) is 8.42 Å². The number of benzene rings is 2. The van der Waals surface area contributed by atoms with Gasteiger partial charge in [0.15, 0.2) is 0 Å². The molecule has 0 aromatic heterocycles. The van der Waals surface area contributed by atoms with Crippen LogP contribution in [0, 0.1) is 0 Å². The lowest BCUT2D eigenvalue weighted by molar-refractivity contribution is -0.139. The van der Waals surface area contributed by atoms with Crippen LogP contribution in [0.15, 0.2) is 53.0 Å². The summed E-state index contributed by atoms with van der Waals surface area (Å²) in [7, 11) is -3.74. The highest BCUT2D eigenvalue weighted by molar-refractivity contribution is 9.10. The second kappa shape index (κ2) is 13.1. The van der Waals surface area contributed by atoms with E-state index in [1.54, 1.807) is 19.1 Å². The molecule has 0 aliphatic heterocycles. The SMILES string of the molecule is CCCCNC(=O)C(C)N(Cc1cccc(Br)c1)C(=O)CN(c1ccc(C(C)C)cc1)S(C)(=O)=O. The average Bonchev–Trinajstić information content (AvgIpc) is 2.80. The van der Waals surface area contributed by atoms with E-state index < -0.39 is 28.5 Å². The Kier molecular flexibility index (Phi) is 10.8. The molecular formula is C26H36BrN3O4S. The van der Waals surface area contributed by atoms with Crippen molar-refractivity contribution in [2.75, 3.05) is 23.7 Å². The first-order valence-corrected chi connectivity index (χ1v) is 14.5. The molecule has 0 fully saturated rings. The lowest BCUT2D eigenvalue weighted by Crippen LogP contribution is -2.51. The smallest absolute Gasteiger partial charge is 0.244 e. The third-order valence-corrected chi connectivity index (χ3v) is 7.40. The second-order valence-corrected chi connectivity index (χ2v) is 11.8. The number of nitrogens with zero attached hydrogens (tertiary/aromatic N) is 2. The number of unbranched alkanes of at least 4 members (excludes halogenated alkanes) is 1. The van der Waals surface area contributed by atoms with Crippen molar-refractivity contribution in [1.82, 2.24) is 10.2 Å². The van der Waals surface area contributed by atoms with Gasteiger partial charge in [-0.3, -0.25) is 13.9 Å². The monoisotopic (exact) mass is 565 g/mol. The van der Waals surface area contributed by atoms with Crippen LogP contribution in [0.2, 0.25) is 0 Å². The van der Waals surface area contributed by atoms with E-state index in [2.05, 4.69) is 35.1 Å². The van der Waals surface area contributed by atoms with Gasteiger partial charge in [0.05, 0.1) is 11.9 Å². The van der Waals surface area contributed by atoms with Crippen LogP contribution in [0.4, 0.5) is 5.69 Å². The van der Waals surface area contributed by atoms with Gasteiger partial charge in [0.25, 0.3) is 0 Å². The summed E-state index contributed by atoms with van der Waals surface area (Å²) in [4.78, 5) is 27.8. The molecule has 7 nitrogen and oxygen atoms in total. The van der Waals surface area contributed by atoms with Crippen LogP contribution >= 0.6 is 15.9 Å². The third-order valence-electron chi connectivity index (χ3n) is 5.77. The number of carbonyl (C=O) groups excluding carboxylic acids is 2. The van der Waals surface area contributed by atoms with E-state index in [1.807, 2.05) is 43.3 Å². The molecule has 2 aromatic rings. The van der Waals surface area contributed by atoms with Crippen LogP contribution < -0.4 is 9.62 Å². The fraction of sp³-hybridized carbons (Fsp3) is 0.462. The van der Waals surface area contributed by atoms with Crippen LogP contribution in [0.5, 0.6) is 0 Å². The first kappa shape index (κ1) is 28.8. The van der Waals surface area contributed by atoms with E-state index >= 15 is 0 Å². The van der Waals surface area contributed by atoms with Crippen LogP contribution in [0.25, 0.3) is 0 Å². The Morgan fingerprint density at radius 2 is 1.71 bits per heavy atom. The van der Waals surface area contributed by atoms with Gasteiger partial charge in [-0.2, -0.15) is 0 Å². The number of nitrogens with one attached hydrogen (secondary N) is 1. The van der Waals surface area contributed by atoms with Crippen molar-refractivity contribution in [3.8, 4) is 0 Å². The average molecular weight is 567 g/mol. The number of anilines is 1. The van der Waals surface area contributed by atoms with Crippen molar-refractivity contribution in [3.63, 3.8) is 0 Å². The van der Waals surface area contributed by atoms with Crippen molar-refractivity contribution in [2.45, 2.75) is 59.0 Å². The number of sulfonamides is 1. The van der Waals surface area contributed by atoms with Crippen molar-refractivity contribution < 1.29 is 18.0 Å². The molecule has 0 saturated carbocycles. The van der Waals surface area contributed by atoms with Gasteiger partial charge in [0.1, 0.15) is 12.6 Å². The minimum Gasteiger partial charge on any atom is -0.354 e. The molecule has 192 valence electrons. The molecule has 2 amide bonds. The molecule has 0 heterocycles. The van der Waals surface area contributed by atoms with Gasteiger partial charge < -0.3 is 10.2 Å². The summed E-state index contributed by atoms with van der Waals surface area (Å²) in [6.45, 7) is 8.10. The molecular weight excluding hydrogens is 530 g/mol. The zero-order valence-corrected chi connectivity index (χ0v) is 23.5. The van der Waals surface area contributed by atoms with Crippen LogP contribution in [0.1, 0.15) is 57.6 Å². The van der Waals surface area contributed by atoms with Crippen molar-refractivity contribution in [1.29, 1.82) is 0 Å². The summed E-state index contributed by atoms with van der Waals surface area (Å²) in [5.74, 6) is -0.430. The Labute approximate surface area is 218 Å². The van der Waals surface area contributed by atoms with Gasteiger partial charge in [0.2, 0.25) is 21.8 Å². The molecule has 0 aliphatic carbocycles. The molecule has 1 atom stereocenters. The Bertz CT molecular complexity index is 1100. The van der Waals surface area contributed by atoms with Gasteiger partial charge in [-0.1, -0.05) is 67.4 Å². The summed E-state index contributed by atoms with van der Waals surface area (Å²) in [5, 5.41) is 2.87. The number of hydrogen-bond donors (Lipinski definition) is 1. The van der Waals surface area contributed by atoms with E-state index in [9.17, 15) is 18.0 Å². The highest BCUT2D eigenvalue weighted by atomic mass is 79.9. The number of halogens is 1. The summed E-state index contributed by atoms with van der Waals surface area (Å²) < 4.78 is 27.3. The van der Waals surface area contributed by atoms with Crippen molar-refractivity contribution >= 4 is 43.5 Å². The van der Waals surface area contributed by atoms with Gasteiger partial charge in [-0.05, 0) is 54.7 Å². The molecule has 1 N–H and O–H groups in total. The van der Waals surface area contributed by atoms with Crippen LogP contribution in [-0.4, -0.2) is 50.5 Å². The molecule has 2 aromatic carbocycles. The molecule has 0 saturated heterocycles. The summed E-state index contributed by atoms with van der Waals surface area (Å²) in [6, 6.07) is 13.9. The molecule has 35 heavy (non-hydrogen) atoms. The summed E-state index contributed by atoms with van der Waals surface area (Å²) in [5.41, 5.74) is 2.31. The van der Waals surface area contributed by atoms with Crippen LogP contribution in [-0.2, 0) is 26.2 Å². The molecule has 1 unspecified atom stereocenters. The Morgan fingerprint density at radius 3 is 2.26 bits per heavy atom. The predicted molar refractivity (Wildman–Crippen MR) is 145 cm³/mol. The summed E-state index contributed by atoms with van der Waals surface area (Å²) >= 11 is 3.44. The van der Waals surface area contributed by atoms with E-state index in [1.165, 1.54) is 4.90 Å². The first-order valence-electron chi connectivity index (χ1n) is 11.8. The van der Waals surface area contributed by atoms with Gasteiger partial charge in [-0.15, -0.1) is 0 Å². The van der Waals surface area contributed by atoms with E-state index in [4.69, 9.17) is 0 Å². The molecule has 9 heteroatoms. The van der Waals surface area contributed by atoms with Crippen molar-refractivity contribution in [3.05, 3.63) is 64.1 Å². The first-order chi connectivity index (χ1) is 16.4. The number of amides is 2. The molecule has 0 bridgehead atoms. The molecule has 0 radical (unpaired) electrons. The highest BCUT2D eigenvalue weighted by Crippen LogP contribution is 2.23. The maximum absolute atomic E-state index is 13.5. The molecule has 0 spiro atoms. The number of rotatable bonds is 12. The standard InChI is InChI=1S/C26H36BrN3O4S/c1-6-7-15-28-26(32)20(4)29(17-21-9-8-10-23(27)16-21)25(31)18-30(35(5,33)34)24-13-11-22(12-14-24)19(2)3/h8-14,16,19-20H,6-7,15,17-18H2,1-5H3,(H,28,32). The predicted octanol–water partition coefficient (Wildman–Crippen LogP) is 4.67. The largest absolute Gasteiger partial charge is 0.354 e. The van der Waals surface area contributed by atoms with Crippen molar-refractivity contribution in [2.24, 2.45) is 0 Å². The minimum absolute atomic E-state index is 0.171. The quantitative estimate of drug-likeness (QED) is 0.379. The fourth-order valence-corrected chi connectivity index (χ4v) is 4.89. The number of carbonyl (C=O) groups is 2. The van der Waals surface area contributed by atoms with Crippen LogP contribution in [0.3, 0.4) is 0 Å². The Hall–Kier alpha value is -2.39. The lowest BCUT2D eigenvalue weighted by atomic mass is 10.0.